The van der Waals surface area contributed by atoms with Gasteiger partial charge in [0.25, 0.3) is 11.8 Å². The molecular formula is C13H15BrN4O2. The maximum atomic E-state index is 12.1. The molecule has 1 fully saturated rings. The van der Waals surface area contributed by atoms with Crippen LogP contribution in [-0.2, 0) is 11.8 Å². The van der Waals surface area contributed by atoms with Crippen LogP contribution in [0.3, 0.4) is 0 Å². The van der Waals surface area contributed by atoms with Gasteiger partial charge in [-0.1, -0.05) is 12.8 Å². The van der Waals surface area contributed by atoms with Crippen molar-refractivity contribution in [3.05, 3.63) is 22.4 Å². The second kappa shape index (κ2) is 5.67. The van der Waals surface area contributed by atoms with Gasteiger partial charge in [-0.15, -0.1) is 0 Å². The van der Waals surface area contributed by atoms with E-state index in [1.54, 1.807) is 23.9 Å². The normalized spacial score (nSPS) is 16.4. The smallest absolute Gasteiger partial charge is 0.286 e. The molecule has 0 radical (unpaired) electrons. The topological polar surface area (TPSA) is 86.9 Å². The van der Waals surface area contributed by atoms with Gasteiger partial charge < -0.3 is 4.57 Å². The molecule has 7 heteroatoms. The Kier molecular flexibility index (Phi) is 4.14. The molecular weight excluding hydrogens is 324 g/mol. The number of aromatic nitrogens is 1. The zero-order valence-electron chi connectivity index (χ0n) is 11.1. The van der Waals surface area contributed by atoms with E-state index in [1.165, 1.54) is 0 Å². The van der Waals surface area contributed by atoms with Gasteiger partial charge in [0.05, 0.1) is 6.07 Å². The van der Waals surface area contributed by atoms with Crippen molar-refractivity contribution in [2.45, 2.75) is 25.7 Å². The highest BCUT2D eigenvalue weighted by Gasteiger charge is 2.41. The predicted molar refractivity (Wildman–Crippen MR) is 75.2 cm³/mol. The third-order valence-electron chi connectivity index (χ3n) is 3.60. The van der Waals surface area contributed by atoms with Crippen molar-refractivity contribution in [3.63, 3.8) is 0 Å². The van der Waals surface area contributed by atoms with Crippen molar-refractivity contribution < 1.29 is 9.59 Å². The van der Waals surface area contributed by atoms with Crippen LogP contribution in [0.2, 0.25) is 0 Å². The number of hydrogen-bond acceptors (Lipinski definition) is 3. The zero-order valence-corrected chi connectivity index (χ0v) is 12.7. The Balaban J connectivity index is 1.99. The summed E-state index contributed by atoms with van der Waals surface area (Å²) in [6, 6.07) is 3.73. The Labute approximate surface area is 125 Å². The molecule has 20 heavy (non-hydrogen) atoms. The standard InChI is InChI=1S/C13H15BrN4O2/c1-18-7-9(14)6-10(18)11(19)16-17-12(20)13(8-15)4-2-3-5-13/h6-7H,2-5H2,1H3,(H,16,19)(H,17,20). The summed E-state index contributed by atoms with van der Waals surface area (Å²) < 4.78 is 2.42. The number of amides is 2. The van der Waals surface area contributed by atoms with Crippen molar-refractivity contribution in [3.8, 4) is 6.07 Å². The molecule has 0 aromatic carbocycles. The van der Waals surface area contributed by atoms with E-state index in [9.17, 15) is 14.9 Å². The molecule has 0 spiro atoms. The number of hydrogen-bond donors (Lipinski definition) is 2. The van der Waals surface area contributed by atoms with E-state index in [0.29, 0.717) is 18.5 Å². The lowest BCUT2D eigenvalue weighted by atomic mass is 9.87. The van der Waals surface area contributed by atoms with Crippen LogP contribution >= 0.6 is 15.9 Å². The lowest BCUT2D eigenvalue weighted by molar-refractivity contribution is -0.128. The fourth-order valence-electron chi connectivity index (χ4n) is 2.42. The van der Waals surface area contributed by atoms with Crippen LogP contribution in [0.15, 0.2) is 16.7 Å². The third-order valence-corrected chi connectivity index (χ3v) is 4.03. The van der Waals surface area contributed by atoms with E-state index >= 15 is 0 Å². The molecule has 0 saturated heterocycles. The van der Waals surface area contributed by atoms with Crippen molar-refractivity contribution >= 4 is 27.7 Å². The van der Waals surface area contributed by atoms with Gasteiger partial charge in [-0.2, -0.15) is 5.26 Å². The van der Waals surface area contributed by atoms with Gasteiger partial charge in [-0.05, 0) is 34.8 Å². The summed E-state index contributed by atoms with van der Waals surface area (Å²) in [5, 5.41) is 9.18. The zero-order chi connectivity index (χ0) is 14.8. The minimum absolute atomic E-state index is 0.412. The summed E-state index contributed by atoms with van der Waals surface area (Å²) in [5.74, 6) is -0.850. The predicted octanol–water partition coefficient (Wildman–Crippen LogP) is 1.63. The first-order valence-corrected chi connectivity index (χ1v) is 7.12. The minimum atomic E-state index is -0.998. The fraction of sp³-hybridized carbons (Fsp3) is 0.462. The Morgan fingerprint density at radius 3 is 2.55 bits per heavy atom. The molecule has 0 bridgehead atoms. The number of carbonyl (C=O) groups is 2. The Morgan fingerprint density at radius 1 is 1.40 bits per heavy atom. The SMILES string of the molecule is Cn1cc(Br)cc1C(=O)NNC(=O)C1(C#N)CCCC1. The van der Waals surface area contributed by atoms with Gasteiger partial charge in [0.2, 0.25) is 0 Å². The number of carbonyl (C=O) groups excluding carboxylic acids is 2. The van der Waals surface area contributed by atoms with Gasteiger partial charge in [0.1, 0.15) is 11.1 Å². The number of hydrazine groups is 1. The quantitative estimate of drug-likeness (QED) is 0.803. The van der Waals surface area contributed by atoms with E-state index in [4.69, 9.17) is 0 Å². The number of rotatable bonds is 2. The fourth-order valence-corrected chi connectivity index (χ4v) is 2.94. The molecule has 2 amide bonds. The lowest BCUT2D eigenvalue weighted by Gasteiger charge is -2.19. The second-order valence-electron chi connectivity index (χ2n) is 4.96. The molecule has 0 atom stereocenters. The van der Waals surface area contributed by atoms with Crippen LogP contribution in [0.5, 0.6) is 0 Å². The molecule has 2 N–H and O–H groups in total. The van der Waals surface area contributed by atoms with E-state index in [1.807, 2.05) is 0 Å². The third kappa shape index (κ3) is 2.70. The van der Waals surface area contributed by atoms with Crippen LogP contribution < -0.4 is 10.9 Å². The van der Waals surface area contributed by atoms with E-state index in [-0.39, 0.29) is 0 Å². The largest absolute Gasteiger partial charge is 0.345 e. The molecule has 106 valence electrons. The summed E-state index contributed by atoms with van der Waals surface area (Å²) in [6.07, 6.45) is 4.55. The average Bonchev–Trinajstić information content (AvgIpc) is 3.03. The molecule has 2 rings (SSSR count). The van der Waals surface area contributed by atoms with Crippen LogP contribution in [0.4, 0.5) is 0 Å². The Morgan fingerprint density at radius 2 is 2.05 bits per heavy atom. The first-order valence-electron chi connectivity index (χ1n) is 6.32. The van der Waals surface area contributed by atoms with E-state index < -0.39 is 17.2 Å². The average molecular weight is 339 g/mol. The van der Waals surface area contributed by atoms with Crippen LogP contribution in [0.25, 0.3) is 0 Å². The highest BCUT2D eigenvalue weighted by atomic mass is 79.9. The van der Waals surface area contributed by atoms with Crippen molar-refractivity contribution in [2.24, 2.45) is 12.5 Å². The molecule has 1 aromatic rings. The van der Waals surface area contributed by atoms with Crippen molar-refractivity contribution in [1.29, 1.82) is 5.26 Å². The number of nitrogens with zero attached hydrogens (tertiary/aromatic N) is 2. The van der Waals surface area contributed by atoms with Gasteiger partial charge in [0.15, 0.2) is 0 Å². The van der Waals surface area contributed by atoms with Gasteiger partial charge >= 0.3 is 0 Å². The summed E-state index contributed by atoms with van der Waals surface area (Å²) >= 11 is 3.27. The van der Waals surface area contributed by atoms with Gasteiger partial charge in [-0.25, -0.2) is 0 Å². The van der Waals surface area contributed by atoms with Crippen molar-refractivity contribution in [2.75, 3.05) is 0 Å². The second-order valence-corrected chi connectivity index (χ2v) is 5.88. The lowest BCUT2D eigenvalue weighted by Crippen LogP contribution is -2.48. The monoisotopic (exact) mass is 338 g/mol. The number of nitrogens with one attached hydrogen (secondary N) is 2. The molecule has 1 aliphatic rings. The molecule has 1 aromatic heterocycles. The molecule has 6 nitrogen and oxygen atoms in total. The first kappa shape index (κ1) is 14.6. The maximum Gasteiger partial charge on any atom is 0.286 e. The first-order chi connectivity index (χ1) is 9.48. The minimum Gasteiger partial charge on any atom is -0.345 e. The summed E-state index contributed by atoms with van der Waals surface area (Å²) in [7, 11) is 1.73. The van der Waals surface area contributed by atoms with Gasteiger partial charge in [0, 0.05) is 17.7 Å². The van der Waals surface area contributed by atoms with Crippen LogP contribution in [0.1, 0.15) is 36.2 Å². The molecule has 1 aliphatic carbocycles. The molecule has 0 aliphatic heterocycles. The Bertz CT molecular complexity index is 582. The highest BCUT2D eigenvalue weighted by molar-refractivity contribution is 9.10. The summed E-state index contributed by atoms with van der Waals surface area (Å²) in [5.41, 5.74) is 4.13. The molecule has 1 heterocycles. The van der Waals surface area contributed by atoms with Crippen molar-refractivity contribution in [1.82, 2.24) is 15.4 Å². The summed E-state index contributed by atoms with van der Waals surface area (Å²) in [6.45, 7) is 0. The number of halogens is 1. The van der Waals surface area contributed by atoms with E-state index in [0.717, 1.165) is 17.3 Å². The molecule has 1 saturated carbocycles. The number of nitriles is 1. The summed E-state index contributed by atoms with van der Waals surface area (Å²) in [4.78, 5) is 24.0. The van der Waals surface area contributed by atoms with Crippen LogP contribution in [-0.4, -0.2) is 16.4 Å². The number of aryl methyl sites for hydroxylation is 1. The van der Waals surface area contributed by atoms with E-state index in [2.05, 4.69) is 32.9 Å². The Hall–Kier alpha value is -1.81. The maximum absolute atomic E-state index is 12.1. The highest BCUT2D eigenvalue weighted by Crippen LogP contribution is 2.37. The van der Waals surface area contributed by atoms with Gasteiger partial charge in [-0.3, -0.25) is 20.4 Å². The molecule has 0 unspecified atom stereocenters. The van der Waals surface area contributed by atoms with Crippen LogP contribution in [0, 0.1) is 16.7 Å².